The summed E-state index contributed by atoms with van der Waals surface area (Å²) in [5.41, 5.74) is 2.21. The molecule has 0 saturated heterocycles. The molecular weight excluding hydrogens is 136 g/mol. The molecule has 0 radical (unpaired) electrons. The highest BCUT2D eigenvalue weighted by Gasteiger charge is 1.99. The Bertz CT molecular complexity index is 162. The zero-order valence-electron chi connectivity index (χ0n) is 8.03. The van der Waals surface area contributed by atoms with Gasteiger partial charge in [0.2, 0.25) is 0 Å². The van der Waals surface area contributed by atoms with Gasteiger partial charge in [-0.05, 0) is 38.3 Å². The normalized spacial score (nSPS) is 9.09. The van der Waals surface area contributed by atoms with Gasteiger partial charge in [0.05, 0.1) is 6.61 Å². The molecule has 1 heteroatoms. The van der Waals surface area contributed by atoms with Crippen LogP contribution in [0, 0.1) is 0 Å². The minimum atomic E-state index is 0.785. The van der Waals surface area contributed by atoms with Gasteiger partial charge in [0.25, 0.3) is 0 Å². The number of rotatable bonds is 4. The van der Waals surface area contributed by atoms with E-state index >= 15 is 0 Å². The van der Waals surface area contributed by atoms with Crippen LogP contribution in [0.3, 0.4) is 0 Å². The van der Waals surface area contributed by atoms with Crippen molar-refractivity contribution in [3.63, 3.8) is 0 Å². The lowest BCUT2D eigenvalue weighted by atomic mass is 10.2. The van der Waals surface area contributed by atoms with Crippen molar-refractivity contribution in [1.82, 2.24) is 0 Å². The average molecular weight is 154 g/mol. The van der Waals surface area contributed by atoms with Crippen molar-refractivity contribution in [2.75, 3.05) is 6.61 Å². The maximum Gasteiger partial charge on any atom is 0.120 e. The molecule has 0 aliphatic carbocycles. The van der Waals surface area contributed by atoms with Crippen molar-refractivity contribution in [2.45, 2.75) is 34.1 Å². The van der Waals surface area contributed by atoms with Gasteiger partial charge in [-0.15, -0.1) is 0 Å². The SMILES string of the molecule is C=C(C)C(OCCC)=C(C)C. The monoisotopic (exact) mass is 154 g/mol. The molecule has 1 nitrogen and oxygen atoms in total. The van der Waals surface area contributed by atoms with Crippen LogP contribution in [-0.4, -0.2) is 6.61 Å². The standard InChI is InChI=1S/C10H18O/c1-6-7-11-10(8(2)3)9(4)5/h2,6-7H2,1,3-5H3. The molecule has 0 aliphatic rings. The minimum absolute atomic E-state index is 0.785. The smallest absolute Gasteiger partial charge is 0.120 e. The van der Waals surface area contributed by atoms with Crippen molar-refractivity contribution in [1.29, 1.82) is 0 Å². The Morgan fingerprint density at radius 1 is 1.27 bits per heavy atom. The average Bonchev–Trinajstić information content (AvgIpc) is 1.87. The summed E-state index contributed by atoms with van der Waals surface area (Å²) in [5.74, 6) is 0.965. The van der Waals surface area contributed by atoms with Crippen molar-refractivity contribution >= 4 is 0 Å². The van der Waals surface area contributed by atoms with Crippen LogP contribution >= 0.6 is 0 Å². The predicted octanol–water partition coefficient (Wildman–Crippen LogP) is 3.28. The van der Waals surface area contributed by atoms with Gasteiger partial charge < -0.3 is 4.74 Å². The summed E-state index contributed by atoms with van der Waals surface area (Å²) in [6, 6.07) is 0. The molecule has 0 aromatic carbocycles. The van der Waals surface area contributed by atoms with Gasteiger partial charge in [0.15, 0.2) is 0 Å². The first-order valence-electron chi connectivity index (χ1n) is 4.05. The molecule has 0 bridgehead atoms. The molecule has 0 aliphatic heterocycles. The van der Waals surface area contributed by atoms with E-state index in [1.165, 1.54) is 5.57 Å². The molecule has 0 aromatic heterocycles. The molecular formula is C10H18O. The van der Waals surface area contributed by atoms with Gasteiger partial charge in [0.1, 0.15) is 5.76 Å². The summed E-state index contributed by atoms with van der Waals surface area (Å²) in [6.45, 7) is 12.8. The van der Waals surface area contributed by atoms with Crippen LogP contribution in [0.25, 0.3) is 0 Å². The van der Waals surface area contributed by atoms with Crippen LogP contribution in [0.1, 0.15) is 34.1 Å². The molecule has 0 spiro atoms. The Morgan fingerprint density at radius 3 is 2.09 bits per heavy atom. The van der Waals surface area contributed by atoms with Crippen LogP contribution < -0.4 is 0 Å². The number of hydrogen-bond acceptors (Lipinski definition) is 1. The van der Waals surface area contributed by atoms with Crippen LogP contribution in [0.15, 0.2) is 23.5 Å². The second kappa shape index (κ2) is 5.00. The Hall–Kier alpha value is -0.720. The van der Waals surface area contributed by atoms with Gasteiger partial charge in [0, 0.05) is 0 Å². The highest BCUT2D eigenvalue weighted by Crippen LogP contribution is 2.13. The zero-order valence-corrected chi connectivity index (χ0v) is 8.03. The van der Waals surface area contributed by atoms with E-state index in [9.17, 15) is 0 Å². The minimum Gasteiger partial charge on any atom is -0.493 e. The number of allylic oxidation sites excluding steroid dienone is 2. The van der Waals surface area contributed by atoms with Gasteiger partial charge >= 0.3 is 0 Å². The molecule has 0 heterocycles. The fraction of sp³-hybridized carbons (Fsp3) is 0.600. The first kappa shape index (κ1) is 10.3. The quantitative estimate of drug-likeness (QED) is 0.446. The summed E-state index contributed by atoms with van der Waals surface area (Å²) < 4.78 is 5.49. The number of ether oxygens (including phenoxy) is 1. The van der Waals surface area contributed by atoms with Gasteiger partial charge in [-0.25, -0.2) is 0 Å². The first-order valence-corrected chi connectivity index (χ1v) is 4.05. The van der Waals surface area contributed by atoms with Gasteiger partial charge in [-0.3, -0.25) is 0 Å². The fourth-order valence-electron chi connectivity index (χ4n) is 0.898. The van der Waals surface area contributed by atoms with E-state index in [-0.39, 0.29) is 0 Å². The Labute approximate surface area is 69.8 Å². The lowest BCUT2D eigenvalue weighted by Gasteiger charge is -2.10. The van der Waals surface area contributed by atoms with E-state index in [1.807, 2.05) is 20.8 Å². The molecule has 0 fully saturated rings. The molecule has 11 heavy (non-hydrogen) atoms. The lowest BCUT2D eigenvalue weighted by Crippen LogP contribution is -1.96. The fourth-order valence-corrected chi connectivity index (χ4v) is 0.898. The summed E-state index contributed by atoms with van der Waals surface area (Å²) in [7, 11) is 0. The highest BCUT2D eigenvalue weighted by molar-refractivity contribution is 5.24. The van der Waals surface area contributed by atoms with Crippen molar-refractivity contribution in [3.8, 4) is 0 Å². The van der Waals surface area contributed by atoms with Crippen LogP contribution in [0.5, 0.6) is 0 Å². The molecule has 0 unspecified atom stereocenters. The largest absolute Gasteiger partial charge is 0.493 e. The van der Waals surface area contributed by atoms with E-state index in [2.05, 4.69) is 13.5 Å². The molecule has 0 amide bonds. The third-order valence-electron chi connectivity index (χ3n) is 1.29. The second-order valence-electron chi connectivity index (χ2n) is 2.96. The molecule has 0 atom stereocenters. The molecule has 0 aromatic rings. The Balaban J connectivity index is 4.14. The van der Waals surface area contributed by atoms with Crippen LogP contribution in [-0.2, 0) is 4.74 Å². The molecule has 0 N–H and O–H groups in total. The second-order valence-corrected chi connectivity index (χ2v) is 2.96. The van der Waals surface area contributed by atoms with Gasteiger partial charge in [-0.1, -0.05) is 13.5 Å². The van der Waals surface area contributed by atoms with Crippen molar-refractivity contribution < 1.29 is 4.74 Å². The van der Waals surface area contributed by atoms with Crippen LogP contribution in [0.4, 0.5) is 0 Å². The predicted molar refractivity (Wildman–Crippen MR) is 49.4 cm³/mol. The zero-order chi connectivity index (χ0) is 8.85. The molecule has 64 valence electrons. The van der Waals surface area contributed by atoms with Gasteiger partial charge in [-0.2, -0.15) is 0 Å². The van der Waals surface area contributed by atoms with E-state index in [1.54, 1.807) is 0 Å². The highest BCUT2D eigenvalue weighted by atomic mass is 16.5. The van der Waals surface area contributed by atoms with E-state index in [4.69, 9.17) is 4.74 Å². The summed E-state index contributed by atoms with van der Waals surface area (Å²) >= 11 is 0. The summed E-state index contributed by atoms with van der Waals surface area (Å²) in [5, 5.41) is 0. The third kappa shape index (κ3) is 3.87. The van der Waals surface area contributed by atoms with E-state index in [0.717, 1.165) is 24.4 Å². The lowest BCUT2D eigenvalue weighted by molar-refractivity contribution is 0.217. The first-order chi connectivity index (χ1) is 5.09. The topological polar surface area (TPSA) is 9.23 Å². The Morgan fingerprint density at radius 2 is 1.82 bits per heavy atom. The third-order valence-corrected chi connectivity index (χ3v) is 1.29. The molecule has 0 saturated carbocycles. The van der Waals surface area contributed by atoms with E-state index in [0.29, 0.717) is 0 Å². The maximum absolute atomic E-state index is 5.49. The summed E-state index contributed by atoms with van der Waals surface area (Å²) in [4.78, 5) is 0. The van der Waals surface area contributed by atoms with Crippen LogP contribution in [0.2, 0.25) is 0 Å². The maximum atomic E-state index is 5.49. The summed E-state index contributed by atoms with van der Waals surface area (Å²) in [6.07, 6.45) is 1.05. The van der Waals surface area contributed by atoms with Crippen molar-refractivity contribution in [3.05, 3.63) is 23.5 Å². The Kier molecular flexibility index (Phi) is 4.67. The van der Waals surface area contributed by atoms with E-state index < -0.39 is 0 Å². The van der Waals surface area contributed by atoms with Crippen molar-refractivity contribution in [2.24, 2.45) is 0 Å². The molecule has 0 rings (SSSR count). The number of hydrogen-bond donors (Lipinski definition) is 0.